The maximum atomic E-state index is 12.8. The van der Waals surface area contributed by atoms with E-state index in [4.69, 9.17) is 10.2 Å². The van der Waals surface area contributed by atoms with E-state index in [0.29, 0.717) is 22.3 Å². The number of carboxylic acids is 4. The molecular weight excluding hydrogens is 1210 g/mol. The first kappa shape index (κ1) is 60.2. The normalized spacial score (nSPS) is 19.6. The van der Waals surface area contributed by atoms with Gasteiger partial charge in [-0.25, -0.2) is 9.36 Å². The molecule has 2 aromatic heterocycles. The average molecular weight is 1250 g/mol. The molecule has 72 heavy (non-hydrogen) atoms. The quantitative estimate of drug-likeness (QED) is 0.0306. The number of carboxylic acid groups (broad SMARTS) is 4. The van der Waals surface area contributed by atoms with Crippen LogP contribution in [0.15, 0.2) is 90.3 Å². The number of hydrogen-bond donors (Lipinski definition) is 6. The zero-order valence-corrected chi connectivity index (χ0v) is 49.7. The van der Waals surface area contributed by atoms with Gasteiger partial charge in [0.25, 0.3) is 23.6 Å². The number of aliphatic hydroxyl groups is 2. The van der Waals surface area contributed by atoms with Gasteiger partial charge in [-0.05, 0) is 67.4 Å². The molecular formula is C38H32Br2K2N12O14S4. The molecule has 4 aliphatic rings. The topological polar surface area (TPSA) is 381 Å². The van der Waals surface area contributed by atoms with Crippen molar-refractivity contribution in [3.63, 3.8) is 0 Å². The molecule has 0 aliphatic carbocycles. The third kappa shape index (κ3) is 14.0. The molecule has 34 heteroatoms. The molecule has 26 nitrogen and oxygen atoms in total. The minimum atomic E-state index is -1.55. The molecule has 2 saturated heterocycles. The van der Waals surface area contributed by atoms with E-state index in [0.717, 1.165) is 51.6 Å². The summed E-state index contributed by atoms with van der Waals surface area (Å²) >= 11 is 11.1. The third-order valence-corrected chi connectivity index (χ3v) is 16.1. The SMILES string of the molecule is O=C(O)Cn1nnnc1SCC1=C(C(=O)[O-])N2C(=O)C(NC(=O)[C@H](O)c3ccc(Br)cc3)[C@H]2SC1.O=C(O)Cn1nnnc1SCC1=C(C(=O)[O-])N2C(=O)C(NC(=O)[C@H](O)c3ccc(Br)cc3)[C@H]2SC1.[K+].[K+]. The van der Waals surface area contributed by atoms with E-state index in [9.17, 15) is 58.8 Å². The Morgan fingerprint density at radius 3 is 1.32 bits per heavy atom. The van der Waals surface area contributed by atoms with Crippen LogP contribution in [0.4, 0.5) is 0 Å². The number of fused-ring (bicyclic) bond motifs is 2. The van der Waals surface area contributed by atoms with Crippen molar-refractivity contribution in [2.24, 2.45) is 0 Å². The first-order valence-corrected chi connectivity index (χ1v) is 25.4. The van der Waals surface area contributed by atoms with Crippen molar-refractivity contribution in [1.29, 1.82) is 0 Å². The first-order valence-electron chi connectivity index (χ1n) is 19.8. The predicted molar refractivity (Wildman–Crippen MR) is 245 cm³/mol. The van der Waals surface area contributed by atoms with Gasteiger partial charge < -0.3 is 50.9 Å². The molecule has 0 radical (unpaired) electrons. The van der Waals surface area contributed by atoms with Crippen LogP contribution < -0.4 is 124 Å². The zero-order chi connectivity index (χ0) is 50.6. The van der Waals surface area contributed by atoms with Crippen molar-refractivity contribution in [2.45, 2.75) is 58.4 Å². The van der Waals surface area contributed by atoms with E-state index >= 15 is 0 Å². The zero-order valence-electron chi connectivity index (χ0n) is 37.1. The Balaban J connectivity index is 0.000000260. The summed E-state index contributed by atoms with van der Waals surface area (Å²) in [6.45, 7) is -0.923. The van der Waals surface area contributed by atoms with Crippen LogP contribution in [0, 0.1) is 0 Å². The largest absolute Gasteiger partial charge is 1.00 e. The number of carbonyl (C=O) groups is 8. The fourth-order valence-electron chi connectivity index (χ4n) is 6.98. The molecule has 4 aliphatic heterocycles. The number of β-lactam (4-membered cyclic amide) rings is 2. The monoisotopic (exact) mass is 1240 g/mol. The van der Waals surface area contributed by atoms with E-state index in [1.54, 1.807) is 48.5 Å². The number of aliphatic hydroxyl groups excluding tert-OH is 2. The molecule has 0 saturated carbocycles. The Bertz CT molecular complexity index is 2640. The van der Waals surface area contributed by atoms with Gasteiger partial charge in [0, 0.05) is 32.0 Å². The Kier molecular flexibility index (Phi) is 22.5. The van der Waals surface area contributed by atoms with Gasteiger partial charge in [0.05, 0.1) is 23.3 Å². The van der Waals surface area contributed by atoms with Crippen LogP contribution in [0.2, 0.25) is 0 Å². The summed E-state index contributed by atoms with van der Waals surface area (Å²) in [7, 11) is 0. The van der Waals surface area contributed by atoms with E-state index in [1.165, 1.54) is 23.5 Å². The summed E-state index contributed by atoms with van der Waals surface area (Å²) in [5.41, 5.74) is 0.809. The maximum Gasteiger partial charge on any atom is 1.00 e. The number of nitrogens with zero attached hydrogens (tertiary/aromatic N) is 10. The predicted octanol–water partition coefficient (Wildman–Crippen LogP) is -8.49. The summed E-state index contributed by atoms with van der Waals surface area (Å²) in [5, 5.41) is 87.7. The van der Waals surface area contributed by atoms with Crippen molar-refractivity contribution in [2.75, 3.05) is 23.0 Å². The fourth-order valence-corrected chi connectivity index (χ4v) is 12.2. The number of nitrogens with one attached hydrogen (secondary N) is 2. The van der Waals surface area contributed by atoms with Gasteiger partial charge in [-0.1, -0.05) is 79.6 Å². The van der Waals surface area contributed by atoms with Crippen molar-refractivity contribution in [3.8, 4) is 0 Å². The van der Waals surface area contributed by atoms with Gasteiger partial charge in [-0.3, -0.25) is 38.6 Å². The molecule has 4 amide bonds. The summed E-state index contributed by atoms with van der Waals surface area (Å²) in [4.78, 5) is 98.3. The molecule has 0 bridgehead atoms. The summed E-state index contributed by atoms with van der Waals surface area (Å²) < 4.78 is 3.65. The van der Waals surface area contributed by atoms with E-state index in [2.05, 4.69) is 73.5 Å². The number of aromatic nitrogens is 8. The molecule has 4 aromatic rings. The van der Waals surface area contributed by atoms with Crippen molar-refractivity contribution in [3.05, 3.63) is 91.1 Å². The molecule has 2 aromatic carbocycles. The molecule has 6 heterocycles. The van der Waals surface area contributed by atoms with Crippen LogP contribution in [0.3, 0.4) is 0 Å². The van der Waals surface area contributed by atoms with E-state index in [1.807, 2.05) is 0 Å². The van der Waals surface area contributed by atoms with Crippen LogP contribution in [0.25, 0.3) is 0 Å². The summed E-state index contributed by atoms with van der Waals surface area (Å²) in [5.74, 6) is -7.66. The molecule has 6 N–H and O–H groups in total. The Labute approximate surface area is 524 Å². The van der Waals surface area contributed by atoms with Crippen LogP contribution >= 0.6 is 78.9 Å². The molecule has 8 rings (SSSR count). The van der Waals surface area contributed by atoms with Gasteiger partial charge in [0.2, 0.25) is 10.3 Å². The number of halogens is 2. The second-order valence-corrected chi connectivity index (χ2v) is 20.7. The number of benzene rings is 2. The van der Waals surface area contributed by atoms with Gasteiger partial charge in [-0.2, -0.15) is 0 Å². The van der Waals surface area contributed by atoms with Gasteiger partial charge in [0.15, 0.2) is 12.2 Å². The number of rotatable bonds is 18. The maximum absolute atomic E-state index is 12.8. The minimum Gasteiger partial charge on any atom is -0.543 e. The number of carbonyl (C=O) groups excluding carboxylic acids is 6. The van der Waals surface area contributed by atoms with Crippen LogP contribution in [-0.4, -0.2) is 164 Å². The smallest absolute Gasteiger partial charge is 0.543 e. The summed E-state index contributed by atoms with van der Waals surface area (Å²) in [6.07, 6.45) is -3.00. The second kappa shape index (κ2) is 26.9. The van der Waals surface area contributed by atoms with Gasteiger partial charge in [-0.15, -0.1) is 33.7 Å². The van der Waals surface area contributed by atoms with E-state index < -0.39 is 95.6 Å². The third-order valence-electron chi connectivity index (χ3n) is 10.3. The van der Waals surface area contributed by atoms with Crippen LogP contribution in [0.5, 0.6) is 0 Å². The molecule has 0 spiro atoms. The average Bonchev–Trinajstić information content (AvgIpc) is 3.97. The number of hydrogen-bond acceptors (Lipinski definition) is 22. The number of tetrazole rings is 2. The standard InChI is InChI=1S/2C19H17BrN6O7S2.2K/c2*20-10-3-1-8(2-4-10)14(29)15(30)21-12-16(31)26-13(18(32)33)9(6-34-17(12)26)7-35-19-22-23-24-25(19)5-11(27)28;;/h2*1-4,12,14,17,29H,5-7H2,(H,21,30)(H,27,28)(H,32,33);;/q;;2*+1/p-2/t2*12?,14-,17-;;/m11../s1. The first-order chi connectivity index (χ1) is 33.3. The van der Waals surface area contributed by atoms with Gasteiger partial charge in [0.1, 0.15) is 35.9 Å². The van der Waals surface area contributed by atoms with Crippen LogP contribution in [0.1, 0.15) is 23.3 Å². The minimum absolute atomic E-state index is 0. The van der Waals surface area contributed by atoms with Crippen molar-refractivity contribution in [1.82, 2.24) is 60.8 Å². The molecule has 2 unspecified atom stereocenters. The second-order valence-electron chi connectivity index (χ2n) is 14.8. The molecule has 2 fully saturated rings. The van der Waals surface area contributed by atoms with E-state index in [-0.39, 0.29) is 147 Å². The Morgan fingerprint density at radius 2 is 1.00 bits per heavy atom. The Morgan fingerprint density at radius 1 is 0.653 bits per heavy atom. The van der Waals surface area contributed by atoms with Crippen molar-refractivity contribution >= 4 is 126 Å². The summed E-state index contributed by atoms with van der Waals surface area (Å²) in [6, 6.07) is 10.9. The van der Waals surface area contributed by atoms with Crippen molar-refractivity contribution < 1.29 is 172 Å². The van der Waals surface area contributed by atoms with Crippen LogP contribution in [-0.2, 0) is 51.4 Å². The Hall–Kier alpha value is -2.63. The number of thioether (sulfide) groups is 4. The number of aliphatic carboxylic acids is 4. The fraction of sp³-hybridized carbons (Fsp3) is 0.316. The van der Waals surface area contributed by atoms with Gasteiger partial charge >= 0.3 is 115 Å². The molecule has 6 atom stereocenters. The molecule has 368 valence electrons. The number of amides is 4.